The van der Waals surface area contributed by atoms with Gasteiger partial charge in [-0.3, -0.25) is 9.88 Å². The summed E-state index contributed by atoms with van der Waals surface area (Å²) in [7, 11) is 0. The lowest BCUT2D eigenvalue weighted by molar-refractivity contribution is 0.242. The summed E-state index contributed by atoms with van der Waals surface area (Å²) in [6.45, 7) is 4.92. The van der Waals surface area contributed by atoms with Gasteiger partial charge in [0.05, 0.1) is 12.0 Å². The molecule has 116 valence electrons. The highest BCUT2D eigenvalue weighted by molar-refractivity contribution is 5.47. The minimum atomic E-state index is 0.672. The number of hydrogen-bond donors (Lipinski definition) is 0. The molecule has 0 fully saturated rings. The van der Waals surface area contributed by atoms with Gasteiger partial charge in [-0.05, 0) is 36.2 Å². The molecule has 0 amide bonds. The van der Waals surface area contributed by atoms with Gasteiger partial charge in [0, 0.05) is 50.2 Å². The largest absolute Gasteiger partial charge is 0.461 e. The molecule has 0 unspecified atom stereocenters. The van der Waals surface area contributed by atoms with Crippen LogP contribution in [0.2, 0.25) is 0 Å². The zero-order valence-corrected chi connectivity index (χ0v) is 13.1. The van der Waals surface area contributed by atoms with Gasteiger partial charge in [0.15, 0.2) is 11.6 Å². The molecule has 0 bridgehead atoms. The zero-order valence-electron chi connectivity index (χ0n) is 13.1. The van der Waals surface area contributed by atoms with Crippen LogP contribution in [0.1, 0.15) is 22.4 Å². The van der Waals surface area contributed by atoms with E-state index >= 15 is 0 Å². The molecule has 0 N–H and O–H groups in total. The molecule has 3 aromatic rings. The summed E-state index contributed by atoms with van der Waals surface area (Å²) in [4.78, 5) is 15.8. The van der Waals surface area contributed by atoms with Gasteiger partial charge in [0.2, 0.25) is 0 Å². The fraction of sp³-hybridized carbons (Fsp3) is 0.278. The van der Waals surface area contributed by atoms with Gasteiger partial charge in [0.1, 0.15) is 0 Å². The highest BCUT2D eigenvalue weighted by Gasteiger charge is 2.19. The number of fused-ring (bicyclic) bond motifs is 1. The lowest BCUT2D eigenvalue weighted by atomic mass is 10.1. The average Bonchev–Trinajstić information content (AvgIpc) is 3.11. The second-order valence-electron chi connectivity index (χ2n) is 5.91. The maximum absolute atomic E-state index is 5.38. The monoisotopic (exact) mass is 306 g/mol. The van der Waals surface area contributed by atoms with Gasteiger partial charge < -0.3 is 4.42 Å². The van der Waals surface area contributed by atoms with Crippen molar-refractivity contribution in [1.82, 2.24) is 19.9 Å². The maximum Gasteiger partial charge on any atom is 0.195 e. The molecule has 5 heteroatoms. The van der Waals surface area contributed by atoms with Crippen LogP contribution in [0.3, 0.4) is 0 Å². The second-order valence-corrected chi connectivity index (χ2v) is 5.91. The van der Waals surface area contributed by atoms with E-state index in [4.69, 9.17) is 4.42 Å². The van der Waals surface area contributed by atoms with Crippen molar-refractivity contribution in [2.24, 2.45) is 0 Å². The predicted molar refractivity (Wildman–Crippen MR) is 86.5 cm³/mol. The highest BCUT2D eigenvalue weighted by atomic mass is 16.3. The van der Waals surface area contributed by atoms with Crippen LogP contribution in [0.4, 0.5) is 0 Å². The quantitative estimate of drug-likeness (QED) is 0.744. The summed E-state index contributed by atoms with van der Waals surface area (Å²) in [6, 6.07) is 5.81. The highest BCUT2D eigenvalue weighted by Crippen LogP contribution is 2.22. The molecule has 0 saturated heterocycles. The van der Waals surface area contributed by atoms with Gasteiger partial charge in [0.25, 0.3) is 0 Å². The van der Waals surface area contributed by atoms with Crippen molar-refractivity contribution in [3.05, 3.63) is 65.4 Å². The molecule has 0 atom stereocenters. The SMILES string of the molecule is Cc1ccncc1CN1CCc2nc(-c3ccco3)ncc2C1. The van der Waals surface area contributed by atoms with E-state index in [9.17, 15) is 0 Å². The van der Waals surface area contributed by atoms with Gasteiger partial charge in [-0.2, -0.15) is 0 Å². The number of furan rings is 1. The van der Waals surface area contributed by atoms with Crippen LogP contribution in [0.5, 0.6) is 0 Å². The number of rotatable bonds is 3. The van der Waals surface area contributed by atoms with E-state index in [1.165, 1.54) is 16.7 Å². The molecule has 3 aromatic heterocycles. The average molecular weight is 306 g/mol. The fourth-order valence-corrected chi connectivity index (χ4v) is 2.94. The normalized spacial score (nSPS) is 14.7. The summed E-state index contributed by atoms with van der Waals surface area (Å²) < 4.78 is 5.38. The Morgan fingerprint density at radius 1 is 1.26 bits per heavy atom. The van der Waals surface area contributed by atoms with Crippen molar-refractivity contribution in [1.29, 1.82) is 0 Å². The summed E-state index contributed by atoms with van der Waals surface area (Å²) >= 11 is 0. The Balaban J connectivity index is 1.53. The zero-order chi connectivity index (χ0) is 15.6. The van der Waals surface area contributed by atoms with E-state index in [0.29, 0.717) is 5.82 Å². The van der Waals surface area contributed by atoms with E-state index in [-0.39, 0.29) is 0 Å². The Morgan fingerprint density at radius 2 is 2.22 bits per heavy atom. The predicted octanol–water partition coefficient (Wildman–Crippen LogP) is 3.00. The lowest BCUT2D eigenvalue weighted by Gasteiger charge is -2.28. The number of aromatic nitrogens is 3. The van der Waals surface area contributed by atoms with Crippen molar-refractivity contribution >= 4 is 0 Å². The minimum absolute atomic E-state index is 0.672. The lowest BCUT2D eigenvalue weighted by Crippen LogP contribution is -2.31. The first kappa shape index (κ1) is 14.1. The van der Waals surface area contributed by atoms with Crippen LogP contribution < -0.4 is 0 Å². The Labute approximate surface area is 135 Å². The number of hydrogen-bond acceptors (Lipinski definition) is 5. The smallest absolute Gasteiger partial charge is 0.195 e. The molecule has 5 nitrogen and oxygen atoms in total. The number of aryl methyl sites for hydroxylation is 1. The van der Waals surface area contributed by atoms with Crippen molar-refractivity contribution in [2.45, 2.75) is 26.4 Å². The van der Waals surface area contributed by atoms with Gasteiger partial charge in [-0.1, -0.05) is 0 Å². The fourth-order valence-electron chi connectivity index (χ4n) is 2.94. The van der Waals surface area contributed by atoms with E-state index in [1.807, 2.05) is 30.7 Å². The molecule has 0 radical (unpaired) electrons. The summed E-state index contributed by atoms with van der Waals surface area (Å²) in [5, 5.41) is 0. The second kappa shape index (κ2) is 5.93. The van der Waals surface area contributed by atoms with Crippen LogP contribution in [0, 0.1) is 6.92 Å². The van der Waals surface area contributed by atoms with E-state index in [1.54, 1.807) is 6.26 Å². The Hall–Kier alpha value is -2.53. The van der Waals surface area contributed by atoms with Crippen LogP contribution in [0.15, 0.2) is 47.5 Å². The van der Waals surface area contributed by atoms with Crippen molar-refractivity contribution in [3.63, 3.8) is 0 Å². The molecule has 0 spiro atoms. The first-order chi connectivity index (χ1) is 11.3. The molecule has 1 aliphatic rings. The first-order valence-corrected chi connectivity index (χ1v) is 7.80. The van der Waals surface area contributed by atoms with E-state index in [2.05, 4.69) is 32.8 Å². The third-order valence-electron chi connectivity index (χ3n) is 4.30. The Bertz CT molecular complexity index is 814. The number of nitrogens with zero attached hydrogens (tertiary/aromatic N) is 4. The molecule has 0 aromatic carbocycles. The Kier molecular flexibility index (Phi) is 3.63. The van der Waals surface area contributed by atoms with Crippen LogP contribution in [-0.4, -0.2) is 26.4 Å². The topological polar surface area (TPSA) is 55.1 Å². The van der Waals surface area contributed by atoms with Crippen LogP contribution in [0.25, 0.3) is 11.6 Å². The Morgan fingerprint density at radius 3 is 3.04 bits per heavy atom. The van der Waals surface area contributed by atoms with Crippen molar-refractivity contribution in [2.75, 3.05) is 6.54 Å². The van der Waals surface area contributed by atoms with Gasteiger partial charge >= 0.3 is 0 Å². The molecule has 4 rings (SSSR count). The molecular weight excluding hydrogens is 288 g/mol. The van der Waals surface area contributed by atoms with Crippen molar-refractivity contribution < 1.29 is 4.42 Å². The van der Waals surface area contributed by atoms with Crippen LogP contribution in [-0.2, 0) is 19.5 Å². The number of pyridine rings is 1. The van der Waals surface area contributed by atoms with E-state index < -0.39 is 0 Å². The van der Waals surface area contributed by atoms with Gasteiger partial charge in [-0.15, -0.1) is 0 Å². The molecule has 4 heterocycles. The molecule has 0 aliphatic carbocycles. The van der Waals surface area contributed by atoms with Crippen molar-refractivity contribution in [3.8, 4) is 11.6 Å². The molecule has 1 aliphatic heterocycles. The van der Waals surface area contributed by atoms with E-state index in [0.717, 1.165) is 37.5 Å². The molecule has 23 heavy (non-hydrogen) atoms. The standard InChI is InChI=1S/C18H18N4O/c1-13-4-6-19-9-14(13)11-22-7-5-16-15(12-22)10-20-18(21-16)17-3-2-8-23-17/h2-4,6,8-10H,5,7,11-12H2,1H3. The summed E-state index contributed by atoms with van der Waals surface area (Å²) in [5.41, 5.74) is 4.90. The minimum Gasteiger partial charge on any atom is -0.461 e. The first-order valence-electron chi connectivity index (χ1n) is 7.80. The molecule has 0 saturated carbocycles. The maximum atomic E-state index is 5.38. The molecular formula is C18H18N4O. The third-order valence-corrected chi connectivity index (χ3v) is 4.30. The van der Waals surface area contributed by atoms with Crippen LogP contribution >= 0.6 is 0 Å². The van der Waals surface area contributed by atoms with Gasteiger partial charge in [-0.25, -0.2) is 9.97 Å². The summed E-state index contributed by atoms with van der Waals surface area (Å²) in [6.07, 6.45) is 8.32. The third kappa shape index (κ3) is 2.87. The summed E-state index contributed by atoms with van der Waals surface area (Å²) in [5.74, 6) is 1.39.